The minimum Gasteiger partial charge on any atom is -0.481 e. The van der Waals surface area contributed by atoms with Crippen molar-refractivity contribution in [1.29, 1.82) is 0 Å². The number of amides is 1. The Labute approximate surface area is 186 Å². The van der Waals surface area contributed by atoms with Crippen LogP contribution in [0.4, 0.5) is 5.13 Å². The van der Waals surface area contributed by atoms with Gasteiger partial charge in [-0.15, -0.1) is 10.2 Å². The first-order valence-corrected chi connectivity index (χ1v) is 12.0. The van der Waals surface area contributed by atoms with Gasteiger partial charge >= 0.3 is 5.97 Å². The summed E-state index contributed by atoms with van der Waals surface area (Å²) in [5, 5.41) is 21.2. The van der Waals surface area contributed by atoms with Crippen molar-refractivity contribution in [1.82, 2.24) is 10.2 Å². The average molecular weight is 444 g/mol. The van der Waals surface area contributed by atoms with Gasteiger partial charge in [-0.1, -0.05) is 36.3 Å². The molecule has 0 unspecified atom stereocenters. The molecule has 0 bridgehead atoms. The highest BCUT2D eigenvalue weighted by molar-refractivity contribution is 7.15. The van der Waals surface area contributed by atoms with Crippen molar-refractivity contribution in [3.05, 3.63) is 40.4 Å². The van der Waals surface area contributed by atoms with Crippen molar-refractivity contribution in [3.63, 3.8) is 0 Å². The summed E-state index contributed by atoms with van der Waals surface area (Å²) in [4.78, 5) is 23.5. The van der Waals surface area contributed by atoms with Crippen LogP contribution in [0.1, 0.15) is 84.6 Å². The van der Waals surface area contributed by atoms with E-state index in [2.05, 4.69) is 15.5 Å². The average Bonchev–Trinajstić information content (AvgIpc) is 3.44. The van der Waals surface area contributed by atoms with E-state index in [1.165, 1.54) is 29.7 Å². The smallest absolute Gasteiger partial charge is 0.303 e. The van der Waals surface area contributed by atoms with Crippen LogP contribution < -0.4 is 5.32 Å². The molecule has 2 saturated carbocycles. The number of hydrogen-bond acceptors (Lipinski definition) is 6. The second-order valence-corrected chi connectivity index (χ2v) is 9.67. The fourth-order valence-electron chi connectivity index (χ4n) is 4.63. The molecule has 0 atom stereocenters. The normalized spacial score (nSPS) is 21.8. The number of ether oxygens (including phenoxy) is 1. The Kier molecular flexibility index (Phi) is 7.29. The van der Waals surface area contributed by atoms with Crippen LogP contribution in [0.3, 0.4) is 0 Å². The molecule has 0 saturated heterocycles. The SMILES string of the molecule is O=C(O)C[C@H]1CC[C@H](c2ccc(C(=O)Nc3nnc(COC4CCCC4)s3)cc2)CC1. The molecule has 166 valence electrons. The van der Waals surface area contributed by atoms with Crippen LogP contribution in [0.2, 0.25) is 0 Å². The van der Waals surface area contributed by atoms with Gasteiger partial charge in [0, 0.05) is 12.0 Å². The predicted octanol–water partition coefficient (Wildman–Crippen LogP) is 5.00. The van der Waals surface area contributed by atoms with Crippen molar-refractivity contribution >= 4 is 28.3 Å². The molecule has 1 aromatic heterocycles. The van der Waals surface area contributed by atoms with E-state index >= 15 is 0 Å². The van der Waals surface area contributed by atoms with Crippen molar-refractivity contribution in [3.8, 4) is 0 Å². The van der Waals surface area contributed by atoms with E-state index in [0.29, 0.717) is 35.2 Å². The van der Waals surface area contributed by atoms with Gasteiger partial charge in [0.05, 0.1) is 6.10 Å². The summed E-state index contributed by atoms with van der Waals surface area (Å²) in [6.45, 7) is 0.446. The van der Waals surface area contributed by atoms with Gasteiger partial charge in [-0.05, 0) is 68.1 Å². The Morgan fingerprint density at radius 3 is 2.42 bits per heavy atom. The summed E-state index contributed by atoms with van der Waals surface area (Å²) in [6, 6.07) is 7.72. The van der Waals surface area contributed by atoms with E-state index in [1.807, 2.05) is 24.3 Å². The van der Waals surface area contributed by atoms with Crippen LogP contribution in [0, 0.1) is 5.92 Å². The van der Waals surface area contributed by atoms with E-state index < -0.39 is 5.97 Å². The summed E-state index contributed by atoms with van der Waals surface area (Å²) < 4.78 is 5.85. The number of aliphatic carboxylic acids is 1. The predicted molar refractivity (Wildman–Crippen MR) is 118 cm³/mol. The highest BCUT2D eigenvalue weighted by Gasteiger charge is 2.24. The molecule has 2 aliphatic rings. The Morgan fingerprint density at radius 1 is 1.03 bits per heavy atom. The monoisotopic (exact) mass is 443 g/mol. The lowest BCUT2D eigenvalue weighted by Gasteiger charge is -2.28. The van der Waals surface area contributed by atoms with Crippen molar-refractivity contribution < 1.29 is 19.4 Å². The van der Waals surface area contributed by atoms with Gasteiger partial charge in [0.1, 0.15) is 11.6 Å². The highest BCUT2D eigenvalue weighted by atomic mass is 32.1. The summed E-state index contributed by atoms with van der Waals surface area (Å²) in [5.74, 6) is -0.175. The highest BCUT2D eigenvalue weighted by Crippen LogP contribution is 2.37. The van der Waals surface area contributed by atoms with Gasteiger partial charge in [-0.2, -0.15) is 0 Å². The standard InChI is InChI=1S/C23H29N3O4S/c27-21(28)13-15-5-7-16(8-6-15)17-9-11-18(12-10-17)22(29)24-23-26-25-20(31-23)14-30-19-3-1-2-4-19/h9-12,15-16,19H,1-8,13-14H2,(H,27,28)(H,24,26,29)/t15-,16-. The van der Waals surface area contributed by atoms with E-state index in [-0.39, 0.29) is 12.3 Å². The Balaban J connectivity index is 1.26. The van der Waals surface area contributed by atoms with Gasteiger partial charge in [0.15, 0.2) is 0 Å². The van der Waals surface area contributed by atoms with Gasteiger partial charge in [0.25, 0.3) is 5.91 Å². The maximum absolute atomic E-state index is 12.6. The third-order valence-electron chi connectivity index (χ3n) is 6.39. The van der Waals surface area contributed by atoms with E-state index in [4.69, 9.17) is 9.84 Å². The molecule has 1 amide bonds. The molecule has 7 nitrogen and oxygen atoms in total. The molecular weight excluding hydrogens is 414 g/mol. The number of nitrogens with zero attached hydrogens (tertiary/aromatic N) is 2. The largest absolute Gasteiger partial charge is 0.481 e. The first kappa shape index (κ1) is 21.9. The first-order chi connectivity index (χ1) is 15.1. The molecule has 2 aliphatic carbocycles. The van der Waals surface area contributed by atoms with Gasteiger partial charge < -0.3 is 9.84 Å². The minimum absolute atomic E-state index is 0.198. The molecule has 0 aliphatic heterocycles. The molecule has 0 spiro atoms. The number of aromatic nitrogens is 2. The lowest BCUT2D eigenvalue weighted by Crippen LogP contribution is -2.16. The Hall–Kier alpha value is -2.32. The zero-order valence-electron chi connectivity index (χ0n) is 17.6. The Bertz CT molecular complexity index is 884. The number of hydrogen-bond donors (Lipinski definition) is 2. The van der Waals surface area contributed by atoms with Crippen LogP contribution in [0.5, 0.6) is 0 Å². The number of anilines is 1. The number of carboxylic acid groups (broad SMARTS) is 1. The Morgan fingerprint density at radius 2 is 1.74 bits per heavy atom. The topological polar surface area (TPSA) is 101 Å². The fraction of sp³-hybridized carbons (Fsp3) is 0.565. The summed E-state index contributed by atoms with van der Waals surface area (Å²) in [6.07, 6.45) is 9.18. The molecule has 0 radical (unpaired) electrons. The van der Waals surface area contributed by atoms with E-state index in [1.54, 1.807) is 0 Å². The third kappa shape index (κ3) is 6.11. The van der Waals surface area contributed by atoms with Crippen LogP contribution in [-0.2, 0) is 16.1 Å². The summed E-state index contributed by atoms with van der Waals surface area (Å²) in [5.41, 5.74) is 1.80. The molecule has 2 N–H and O–H groups in total. The summed E-state index contributed by atoms with van der Waals surface area (Å²) >= 11 is 1.35. The summed E-state index contributed by atoms with van der Waals surface area (Å²) in [7, 11) is 0. The number of carbonyl (C=O) groups is 2. The second kappa shape index (κ2) is 10.3. The zero-order chi connectivity index (χ0) is 21.6. The second-order valence-electron chi connectivity index (χ2n) is 8.61. The molecule has 2 fully saturated rings. The molecular formula is C23H29N3O4S. The molecule has 2 aromatic rings. The molecule has 8 heteroatoms. The van der Waals surface area contributed by atoms with Gasteiger partial charge in [-0.3, -0.25) is 14.9 Å². The number of carboxylic acids is 1. The van der Waals surface area contributed by atoms with Crippen molar-refractivity contribution in [2.45, 2.75) is 76.4 Å². The van der Waals surface area contributed by atoms with Gasteiger partial charge in [0.2, 0.25) is 5.13 Å². The van der Waals surface area contributed by atoms with E-state index in [9.17, 15) is 9.59 Å². The first-order valence-electron chi connectivity index (χ1n) is 11.1. The number of nitrogens with one attached hydrogen (secondary N) is 1. The van der Waals surface area contributed by atoms with Crippen LogP contribution >= 0.6 is 11.3 Å². The van der Waals surface area contributed by atoms with Crippen LogP contribution in [0.15, 0.2) is 24.3 Å². The quantitative estimate of drug-likeness (QED) is 0.595. The maximum atomic E-state index is 12.6. The maximum Gasteiger partial charge on any atom is 0.303 e. The molecule has 31 heavy (non-hydrogen) atoms. The van der Waals surface area contributed by atoms with E-state index in [0.717, 1.165) is 43.5 Å². The third-order valence-corrected chi connectivity index (χ3v) is 7.20. The number of rotatable bonds is 8. The minimum atomic E-state index is -0.706. The van der Waals surface area contributed by atoms with Crippen LogP contribution in [-0.4, -0.2) is 33.3 Å². The molecule has 4 rings (SSSR count). The van der Waals surface area contributed by atoms with Crippen molar-refractivity contribution in [2.24, 2.45) is 5.92 Å². The number of carbonyl (C=O) groups excluding carboxylic acids is 1. The molecule has 1 heterocycles. The zero-order valence-corrected chi connectivity index (χ0v) is 18.4. The van der Waals surface area contributed by atoms with Gasteiger partial charge in [-0.25, -0.2) is 0 Å². The lowest BCUT2D eigenvalue weighted by molar-refractivity contribution is -0.138. The fourth-order valence-corrected chi connectivity index (χ4v) is 5.29. The lowest BCUT2D eigenvalue weighted by atomic mass is 9.77. The number of benzene rings is 1. The molecule has 1 aromatic carbocycles. The van der Waals surface area contributed by atoms with Crippen LogP contribution in [0.25, 0.3) is 0 Å². The van der Waals surface area contributed by atoms with Crippen molar-refractivity contribution in [2.75, 3.05) is 5.32 Å².